The van der Waals surface area contributed by atoms with Gasteiger partial charge in [-0.25, -0.2) is 13.4 Å². The Bertz CT molecular complexity index is 1000. The maximum atomic E-state index is 13.1. The van der Waals surface area contributed by atoms with Crippen molar-refractivity contribution in [1.82, 2.24) is 14.3 Å². The van der Waals surface area contributed by atoms with E-state index in [-0.39, 0.29) is 4.90 Å². The van der Waals surface area contributed by atoms with E-state index >= 15 is 0 Å². The zero-order chi connectivity index (χ0) is 20.6. The molecule has 0 radical (unpaired) electrons. The molecule has 4 rings (SSSR count). The Labute approximate surface area is 177 Å². The van der Waals surface area contributed by atoms with Crippen LogP contribution in [0.1, 0.15) is 24.1 Å². The fourth-order valence-corrected chi connectivity index (χ4v) is 5.82. The summed E-state index contributed by atoms with van der Waals surface area (Å²) in [6.07, 6.45) is 2.35. The molecule has 2 fully saturated rings. The van der Waals surface area contributed by atoms with Gasteiger partial charge < -0.3 is 9.80 Å². The van der Waals surface area contributed by atoms with Gasteiger partial charge in [-0.15, -0.1) is 0 Å². The van der Waals surface area contributed by atoms with Crippen LogP contribution in [0.25, 0.3) is 0 Å². The molecule has 2 aliphatic rings. The number of benzene rings is 1. The van der Waals surface area contributed by atoms with E-state index in [0.717, 1.165) is 30.5 Å². The van der Waals surface area contributed by atoms with Gasteiger partial charge in [-0.3, -0.25) is 0 Å². The largest absolute Gasteiger partial charge is 0.354 e. The Kier molecular flexibility index (Phi) is 5.68. The molecule has 2 saturated heterocycles. The quantitative estimate of drug-likeness (QED) is 0.735. The topological polar surface area (TPSA) is 69.6 Å². The summed E-state index contributed by atoms with van der Waals surface area (Å²) >= 11 is 6.14. The van der Waals surface area contributed by atoms with Gasteiger partial charge in [0.1, 0.15) is 5.82 Å². The first-order chi connectivity index (χ1) is 13.9. The van der Waals surface area contributed by atoms with E-state index in [1.807, 2.05) is 13.0 Å². The van der Waals surface area contributed by atoms with Crippen molar-refractivity contribution in [3.63, 3.8) is 0 Å². The van der Waals surface area contributed by atoms with E-state index in [2.05, 4.69) is 14.8 Å². The Morgan fingerprint density at radius 2 is 1.62 bits per heavy atom. The lowest BCUT2D eigenvalue weighted by molar-refractivity contribution is 0.383. The van der Waals surface area contributed by atoms with Crippen LogP contribution >= 0.6 is 11.6 Å². The van der Waals surface area contributed by atoms with Gasteiger partial charge >= 0.3 is 0 Å². The standard InChI is InChI=1S/C20H26ClN5O2S/c1-15-14-19(23-20(22-15)25-8-3-4-9-25)24-10-12-26(13-11-24)29(27,28)18-7-5-6-17(21)16(18)2/h5-7,14H,3-4,8-13H2,1-2H3. The summed E-state index contributed by atoms with van der Waals surface area (Å²) in [5.41, 5.74) is 1.53. The van der Waals surface area contributed by atoms with Crippen LogP contribution in [0.3, 0.4) is 0 Å². The van der Waals surface area contributed by atoms with E-state index in [1.54, 1.807) is 25.1 Å². The Balaban J connectivity index is 1.50. The van der Waals surface area contributed by atoms with E-state index in [9.17, 15) is 8.42 Å². The van der Waals surface area contributed by atoms with Gasteiger partial charge in [-0.2, -0.15) is 9.29 Å². The van der Waals surface area contributed by atoms with Crippen LogP contribution in [-0.4, -0.2) is 62.0 Å². The number of sulfonamides is 1. The summed E-state index contributed by atoms with van der Waals surface area (Å²) in [4.78, 5) is 14.0. The molecule has 0 N–H and O–H groups in total. The molecule has 1 aromatic heterocycles. The van der Waals surface area contributed by atoms with Gasteiger partial charge in [0.05, 0.1) is 4.90 Å². The Hall–Kier alpha value is -1.90. The molecule has 3 heterocycles. The number of aryl methyl sites for hydroxylation is 1. The molecular formula is C20H26ClN5O2S. The maximum Gasteiger partial charge on any atom is 0.243 e. The number of rotatable bonds is 4. The molecular weight excluding hydrogens is 410 g/mol. The fraction of sp³-hybridized carbons (Fsp3) is 0.500. The highest BCUT2D eigenvalue weighted by molar-refractivity contribution is 7.89. The van der Waals surface area contributed by atoms with E-state index in [0.29, 0.717) is 36.8 Å². The Morgan fingerprint density at radius 3 is 2.31 bits per heavy atom. The van der Waals surface area contributed by atoms with Crippen molar-refractivity contribution in [3.8, 4) is 0 Å². The average molecular weight is 436 g/mol. The second kappa shape index (κ2) is 8.08. The summed E-state index contributed by atoms with van der Waals surface area (Å²) < 4.78 is 27.7. The minimum atomic E-state index is -3.57. The molecule has 156 valence electrons. The van der Waals surface area contributed by atoms with Gasteiger partial charge in [-0.05, 0) is 44.4 Å². The van der Waals surface area contributed by atoms with E-state index in [1.165, 1.54) is 17.1 Å². The second-order valence-corrected chi connectivity index (χ2v) is 9.93. The van der Waals surface area contributed by atoms with Crippen molar-refractivity contribution in [1.29, 1.82) is 0 Å². The summed E-state index contributed by atoms with van der Waals surface area (Å²) in [5, 5.41) is 0.468. The number of hydrogen-bond acceptors (Lipinski definition) is 6. The third-order valence-electron chi connectivity index (χ3n) is 5.62. The number of halogens is 1. The molecule has 0 aliphatic carbocycles. The summed E-state index contributed by atoms with van der Waals surface area (Å²) in [7, 11) is -3.57. The van der Waals surface area contributed by atoms with Crippen LogP contribution in [0.2, 0.25) is 5.02 Å². The normalized spacial score (nSPS) is 18.4. The molecule has 0 bridgehead atoms. The van der Waals surface area contributed by atoms with Crippen LogP contribution in [0.15, 0.2) is 29.2 Å². The molecule has 7 nitrogen and oxygen atoms in total. The van der Waals surface area contributed by atoms with Gasteiger partial charge in [0, 0.05) is 56.1 Å². The third-order valence-corrected chi connectivity index (χ3v) is 8.07. The molecule has 0 unspecified atom stereocenters. The second-order valence-electron chi connectivity index (χ2n) is 7.62. The molecule has 0 spiro atoms. The van der Waals surface area contributed by atoms with Crippen LogP contribution in [-0.2, 0) is 10.0 Å². The SMILES string of the molecule is Cc1cc(N2CCN(S(=O)(=O)c3cccc(Cl)c3C)CC2)nc(N2CCCC2)n1. The zero-order valence-corrected chi connectivity index (χ0v) is 18.4. The first-order valence-electron chi connectivity index (χ1n) is 9.97. The lowest BCUT2D eigenvalue weighted by Crippen LogP contribution is -2.49. The molecule has 2 aliphatic heterocycles. The molecule has 2 aromatic rings. The van der Waals surface area contributed by atoms with Crippen LogP contribution in [0.4, 0.5) is 11.8 Å². The number of aromatic nitrogens is 2. The molecule has 0 atom stereocenters. The number of anilines is 2. The van der Waals surface area contributed by atoms with Crippen molar-refractivity contribution in [2.45, 2.75) is 31.6 Å². The average Bonchev–Trinajstić information content (AvgIpc) is 3.24. The predicted octanol–water partition coefficient (Wildman–Crippen LogP) is 2.86. The number of nitrogens with zero attached hydrogens (tertiary/aromatic N) is 5. The van der Waals surface area contributed by atoms with E-state index in [4.69, 9.17) is 16.6 Å². The molecule has 1 aromatic carbocycles. The monoisotopic (exact) mass is 435 g/mol. The summed E-state index contributed by atoms with van der Waals surface area (Å²) in [5.74, 6) is 1.65. The summed E-state index contributed by atoms with van der Waals surface area (Å²) in [6, 6.07) is 7.00. The highest BCUT2D eigenvalue weighted by atomic mass is 35.5. The lowest BCUT2D eigenvalue weighted by atomic mass is 10.2. The van der Waals surface area contributed by atoms with Gasteiger partial charge in [0.25, 0.3) is 0 Å². The van der Waals surface area contributed by atoms with Crippen molar-refractivity contribution in [2.75, 3.05) is 49.1 Å². The van der Waals surface area contributed by atoms with Gasteiger partial charge in [0.2, 0.25) is 16.0 Å². The third kappa shape index (κ3) is 4.06. The number of piperazine rings is 1. The van der Waals surface area contributed by atoms with Crippen LogP contribution in [0, 0.1) is 13.8 Å². The smallest absolute Gasteiger partial charge is 0.243 e. The fourth-order valence-electron chi connectivity index (χ4n) is 3.92. The molecule has 0 amide bonds. The highest BCUT2D eigenvalue weighted by Crippen LogP contribution is 2.27. The predicted molar refractivity (Wildman–Crippen MR) is 115 cm³/mol. The first kappa shape index (κ1) is 20.4. The first-order valence-corrected chi connectivity index (χ1v) is 11.8. The highest BCUT2D eigenvalue weighted by Gasteiger charge is 2.30. The van der Waals surface area contributed by atoms with Gasteiger partial charge in [-0.1, -0.05) is 17.7 Å². The van der Waals surface area contributed by atoms with Gasteiger partial charge in [0.15, 0.2) is 0 Å². The molecule has 9 heteroatoms. The van der Waals surface area contributed by atoms with Crippen molar-refractivity contribution in [2.24, 2.45) is 0 Å². The van der Waals surface area contributed by atoms with Crippen molar-refractivity contribution >= 4 is 33.4 Å². The van der Waals surface area contributed by atoms with Crippen LogP contribution < -0.4 is 9.80 Å². The summed E-state index contributed by atoms with van der Waals surface area (Å²) in [6.45, 7) is 7.72. The minimum Gasteiger partial charge on any atom is -0.354 e. The molecule has 0 saturated carbocycles. The minimum absolute atomic E-state index is 0.285. The maximum absolute atomic E-state index is 13.1. The molecule has 29 heavy (non-hydrogen) atoms. The van der Waals surface area contributed by atoms with E-state index < -0.39 is 10.0 Å². The van der Waals surface area contributed by atoms with Crippen LogP contribution in [0.5, 0.6) is 0 Å². The lowest BCUT2D eigenvalue weighted by Gasteiger charge is -2.35. The van der Waals surface area contributed by atoms with Crippen molar-refractivity contribution in [3.05, 3.63) is 40.5 Å². The number of hydrogen-bond donors (Lipinski definition) is 0. The zero-order valence-electron chi connectivity index (χ0n) is 16.8. The Morgan fingerprint density at radius 1 is 0.931 bits per heavy atom. The van der Waals surface area contributed by atoms with Crippen molar-refractivity contribution < 1.29 is 8.42 Å².